The zero-order valence-corrected chi connectivity index (χ0v) is 9.91. The molecule has 0 radical (unpaired) electrons. The van der Waals surface area contributed by atoms with Gasteiger partial charge in [-0.15, -0.1) is 0 Å². The highest BCUT2D eigenvalue weighted by Crippen LogP contribution is 2.01. The molecule has 0 saturated heterocycles. The van der Waals surface area contributed by atoms with Crippen molar-refractivity contribution in [1.82, 2.24) is 4.90 Å². The van der Waals surface area contributed by atoms with Crippen LogP contribution in [0.3, 0.4) is 0 Å². The van der Waals surface area contributed by atoms with Crippen LogP contribution >= 0.6 is 11.8 Å². The van der Waals surface area contributed by atoms with Crippen LogP contribution in [-0.2, 0) is 0 Å². The third-order valence-electron chi connectivity index (χ3n) is 1.89. The Morgan fingerprint density at radius 2 is 1.62 bits per heavy atom. The molecule has 3 heteroatoms. The van der Waals surface area contributed by atoms with Crippen LogP contribution in [0.2, 0.25) is 0 Å². The van der Waals surface area contributed by atoms with Crippen LogP contribution in [0.5, 0.6) is 0 Å². The van der Waals surface area contributed by atoms with E-state index in [1.54, 1.807) is 0 Å². The lowest BCUT2D eigenvalue weighted by atomic mass is 10.3. The first-order valence-electron chi connectivity index (χ1n) is 5.35. The van der Waals surface area contributed by atoms with Gasteiger partial charge in [0.1, 0.15) is 0 Å². The largest absolute Gasteiger partial charge is 0.330 e. The van der Waals surface area contributed by atoms with Gasteiger partial charge < -0.3 is 10.6 Å². The van der Waals surface area contributed by atoms with E-state index in [-0.39, 0.29) is 0 Å². The Morgan fingerprint density at radius 1 is 1.00 bits per heavy atom. The molecule has 0 aromatic rings. The van der Waals surface area contributed by atoms with Gasteiger partial charge in [-0.3, -0.25) is 0 Å². The van der Waals surface area contributed by atoms with Gasteiger partial charge in [0.15, 0.2) is 0 Å². The van der Waals surface area contributed by atoms with Crippen LogP contribution in [0.4, 0.5) is 0 Å². The number of rotatable bonds is 9. The molecular weight excluding hydrogens is 180 g/mol. The fourth-order valence-electron chi connectivity index (χ4n) is 1.35. The molecule has 0 unspecified atom stereocenters. The summed E-state index contributed by atoms with van der Waals surface area (Å²) in [4.78, 5) is 2.55. The molecule has 0 bridgehead atoms. The normalized spacial score (nSPS) is 11.1. The summed E-state index contributed by atoms with van der Waals surface area (Å²) in [5.41, 5.74) is 5.43. The quantitative estimate of drug-likeness (QED) is 0.581. The zero-order chi connectivity index (χ0) is 9.94. The molecule has 0 heterocycles. The molecule has 0 amide bonds. The van der Waals surface area contributed by atoms with Gasteiger partial charge in [0.2, 0.25) is 0 Å². The maximum absolute atomic E-state index is 5.43. The monoisotopic (exact) mass is 204 g/mol. The van der Waals surface area contributed by atoms with Gasteiger partial charge in [-0.05, 0) is 25.9 Å². The van der Waals surface area contributed by atoms with Crippen molar-refractivity contribution in [1.29, 1.82) is 0 Å². The molecule has 2 N–H and O–H groups in total. The molecule has 13 heavy (non-hydrogen) atoms. The predicted molar refractivity (Wildman–Crippen MR) is 63.4 cm³/mol. The third-order valence-corrected chi connectivity index (χ3v) is 2.89. The van der Waals surface area contributed by atoms with Crippen LogP contribution in [-0.4, -0.2) is 42.6 Å². The van der Waals surface area contributed by atoms with Crippen molar-refractivity contribution >= 4 is 11.8 Å². The summed E-state index contributed by atoms with van der Waals surface area (Å²) in [5, 5.41) is 0. The lowest BCUT2D eigenvalue weighted by Gasteiger charge is -2.20. The number of hydrogen-bond donors (Lipinski definition) is 1. The average Bonchev–Trinajstić information content (AvgIpc) is 2.13. The highest BCUT2D eigenvalue weighted by molar-refractivity contribution is 7.99. The Kier molecular flexibility index (Phi) is 10.6. The molecule has 0 aliphatic heterocycles. The van der Waals surface area contributed by atoms with Crippen LogP contribution < -0.4 is 5.73 Å². The van der Waals surface area contributed by atoms with Gasteiger partial charge in [0, 0.05) is 24.6 Å². The van der Waals surface area contributed by atoms with Gasteiger partial charge in [-0.25, -0.2) is 0 Å². The lowest BCUT2D eigenvalue weighted by Crippen LogP contribution is -2.28. The zero-order valence-electron chi connectivity index (χ0n) is 9.09. The van der Waals surface area contributed by atoms with E-state index in [2.05, 4.69) is 18.7 Å². The van der Waals surface area contributed by atoms with E-state index in [1.165, 1.54) is 38.2 Å². The molecule has 0 aliphatic carbocycles. The van der Waals surface area contributed by atoms with Crippen molar-refractivity contribution in [3.8, 4) is 0 Å². The molecular formula is C10H24N2S. The molecule has 0 aromatic heterocycles. The molecule has 0 saturated carbocycles. The van der Waals surface area contributed by atoms with Crippen molar-refractivity contribution in [2.75, 3.05) is 37.7 Å². The van der Waals surface area contributed by atoms with Gasteiger partial charge in [0.25, 0.3) is 0 Å². The van der Waals surface area contributed by atoms with Gasteiger partial charge in [-0.2, -0.15) is 11.8 Å². The Hall–Kier alpha value is 0.270. The molecule has 0 spiro atoms. The minimum atomic E-state index is 0.812. The fraction of sp³-hybridized carbons (Fsp3) is 1.00. The van der Waals surface area contributed by atoms with Gasteiger partial charge in [-0.1, -0.05) is 13.8 Å². The Morgan fingerprint density at radius 3 is 2.08 bits per heavy atom. The van der Waals surface area contributed by atoms with E-state index in [1.807, 2.05) is 11.8 Å². The van der Waals surface area contributed by atoms with Crippen LogP contribution in [0, 0.1) is 0 Å². The summed E-state index contributed by atoms with van der Waals surface area (Å²) in [7, 11) is 0. The summed E-state index contributed by atoms with van der Waals surface area (Å²) in [5.74, 6) is 2.34. The van der Waals surface area contributed by atoms with Crippen LogP contribution in [0.25, 0.3) is 0 Å². The Labute approximate surface area is 87.2 Å². The first-order chi connectivity index (χ1) is 6.35. The third kappa shape index (κ3) is 8.60. The Bertz CT molecular complexity index is 92.9. The summed E-state index contributed by atoms with van der Waals surface area (Å²) >= 11 is 1.97. The van der Waals surface area contributed by atoms with Crippen LogP contribution in [0.15, 0.2) is 0 Å². The van der Waals surface area contributed by atoms with Gasteiger partial charge in [0.05, 0.1) is 0 Å². The van der Waals surface area contributed by atoms with E-state index in [4.69, 9.17) is 5.73 Å². The summed E-state index contributed by atoms with van der Waals surface area (Å²) < 4.78 is 0. The molecule has 0 aliphatic rings. The highest BCUT2D eigenvalue weighted by atomic mass is 32.2. The van der Waals surface area contributed by atoms with Crippen molar-refractivity contribution in [3.05, 3.63) is 0 Å². The predicted octanol–water partition coefficient (Wildman–Crippen LogP) is 1.80. The van der Waals surface area contributed by atoms with Crippen molar-refractivity contribution in [2.45, 2.75) is 26.7 Å². The SMILES string of the molecule is CCCN(CCC)CCSCCN. The first kappa shape index (κ1) is 13.3. The summed E-state index contributed by atoms with van der Waals surface area (Å²) in [6.45, 7) is 9.03. The summed E-state index contributed by atoms with van der Waals surface area (Å²) in [6, 6.07) is 0. The maximum Gasteiger partial charge on any atom is 0.00723 e. The van der Waals surface area contributed by atoms with E-state index in [0.29, 0.717) is 0 Å². The standard InChI is InChI=1S/C10H24N2S/c1-3-6-12(7-4-2)8-10-13-9-5-11/h3-11H2,1-2H3. The molecule has 80 valence electrons. The number of nitrogens with two attached hydrogens (primary N) is 1. The Balaban J connectivity index is 3.33. The van der Waals surface area contributed by atoms with E-state index >= 15 is 0 Å². The molecule has 0 fully saturated rings. The maximum atomic E-state index is 5.43. The van der Waals surface area contributed by atoms with Crippen molar-refractivity contribution in [3.63, 3.8) is 0 Å². The number of thioether (sulfide) groups is 1. The second kappa shape index (κ2) is 10.4. The highest BCUT2D eigenvalue weighted by Gasteiger charge is 2.00. The first-order valence-corrected chi connectivity index (χ1v) is 6.50. The molecule has 0 atom stereocenters. The molecule has 2 nitrogen and oxygen atoms in total. The number of hydrogen-bond acceptors (Lipinski definition) is 3. The van der Waals surface area contributed by atoms with E-state index in [0.717, 1.165) is 12.3 Å². The fourth-order valence-corrected chi connectivity index (χ4v) is 2.10. The summed E-state index contributed by atoms with van der Waals surface area (Å²) in [6.07, 6.45) is 2.53. The van der Waals surface area contributed by atoms with E-state index in [9.17, 15) is 0 Å². The topological polar surface area (TPSA) is 29.3 Å². The van der Waals surface area contributed by atoms with Gasteiger partial charge >= 0.3 is 0 Å². The second-order valence-corrected chi connectivity index (χ2v) is 4.47. The lowest BCUT2D eigenvalue weighted by molar-refractivity contribution is 0.292. The van der Waals surface area contributed by atoms with Crippen molar-refractivity contribution < 1.29 is 0 Å². The van der Waals surface area contributed by atoms with Crippen molar-refractivity contribution in [2.24, 2.45) is 5.73 Å². The minimum Gasteiger partial charge on any atom is -0.330 e. The smallest absolute Gasteiger partial charge is 0.00723 e. The molecule has 0 aromatic carbocycles. The van der Waals surface area contributed by atoms with Crippen LogP contribution in [0.1, 0.15) is 26.7 Å². The number of nitrogens with zero attached hydrogens (tertiary/aromatic N) is 1. The molecule has 0 rings (SSSR count). The minimum absolute atomic E-state index is 0.812. The van der Waals surface area contributed by atoms with E-state index < -0.39 is 0 Å². The second-order valence-electron chi connectivity index (χ2n) is 3.24. The average molecular weight is 204 g/mol.